The van der Waals surface area contributed by atoms with Crippen LogP contribution in [0.15, 0.2) is 89.0 Å². The fourth-order valence-electron chi connectivity index (χ4n) is 7.58. The number of amides is 1. The molecule has 1 amide bonds. The number of pyridine rings is 2. The normalized spacial score (nSPS) is 18.6. The summed E-state index contributed by atoms with van der Waals surface area (Å²) >= 11 is 8.55. The molecule has 13 heteroatoms. The summed E-state index contributed by atoms with van der Waals surface area (Å²) in [7, 11) is 3.27. The highest BCUT2D eigenvalue weighted by molar-refractivity contribution is 7.99. The number of rotatable bonds is 11. The van der Waals surface area contributed by atoms with E-state index in [1.165, 1.54) is 11.8 Å². The van der Waals surface area contributed by atoms with Crippen LogP contribution >= 0.6 is 23.4 Å². The number of para-hydroxylation sites is 1. The van der Waals surface area contributed by atoms with Crippen molar-refractivity contribution in [3.05, 3.63) is 101 Å². The predicted molar refractivity (Wildman–Crippen MR) is 226 cm³/mol. The van der Waals surface area contributed by atoms with E-state index in [2.05, 4.69) is 15.3 Å². The fraction of sp³-hybridized carbons (Fsp3) is 0.386. The molecule has 0 aliphatic carbocycles. The quantitative estimate of drug-likeness (QED) is 0.103. The number of fused-ring (bicyclic) bond motifs is 3. The van der Waals surface area contributed by atoms with E-state index >= 15 is 0 Å². The summed E-state index contributed by atoms with van der Waals surface area (Å²) in [6, 6.07) is 18.3. The van der Waals surface area contributed by atoms with Gasteiger partial charge in [0.25, 0.3) is 0 Å². The molecule has 3 atom stereocenters. The number of ether oxygens (including phenoxy) is 1. The van der Waals surface area contributed by atoms with Crippen LogP contribution in [0.1, 0.15) is 61.6 Å². The number of nitrogens with two attached hydrogens (primary N) is 2. The number of methoxy groups -OCH3 is 1. The summed E-state index contributed by atoms with van der Waals surface area (Å²) in [6.45, 7) is 1.33. The second kappa shape index (κ2) is 20.2. The summed E-state index contributed by atoms with van der Waals surface area (Å²) in [5.41, 5.74) is 16.9. The Morgan fingerprint density at radius 2 is 1.74 bits per heavy atom. The van der Waals surface area contributed by atoms with Gasteiger partial charge in [-0.2, -0.15) is 0 Å². The van der Waals surface area contributed by atoms with E-state index in [0.717, 1.165) is 49.4 Å². The van der Waals surface area contributed by atoms with Crippen LogP contribution in [0, 0.1) is 5.92 Å². The van der Waals surface area contributed by atoms with Crippen molar-refractivity contribution in [3.63, 3.8) is 0 Å². The van der Waals surface area contributed by atoms with Gasteiger partial charge < -0.3 is 31.4 Å². The van der Waals surface area contributed by atoms with Crippen LogP contribution in [0.5, 0.6) is 5.88 Å². The molecule has 0 fully saturated rings. The van der Waals surface area contributed by atoms with Crippen LogP contribution in [0.25, 0.3) is 22.2 Å². The van der Waals surface area contributed by atoms with Gasteiger partial charge in [-0.25, -0.2) is 4.98 Å². The molecule has 1 aliphatic heterocycles. The SMILES string of the molecule is COc1cc(-c2ncc(Cl)c3c2Sc2ccccc2CN[C@@H](CCCN)C(=O)C[C@@H](CCCCN)C(=O)N(C)[C@@H](Cc2c[nH]c4ccccc24)C(=O)CC3)ccn1. The lowest BCUT2D eigenvalue weighted by Crippen LogP contribution is -2.47. The number of unbranched alkanes of at least 4 members (excludes halogenated alkanes) is 1. The number of aromatic nitrogens is 3. The van der Waals surface area contributed by atoms with Crippen molar-refractivity contribution in [1.82, 2.24) is 25.2 Å². The van der Waals surface area contributed by atoms with E-state index in [0.29, 0.717) is 74.8 Å². The van der Waals surface area contributed by atoms with Gasteiger partial charge in [-0.3, -0.25) is 19.4 Å². The standard InChI is InChI=1S/C44H52ClN7O4S/c1-52-37(22-31-26-49-35-13-5-4-12-32(31)35)38(53)17-16-33-34(45)27-51-42(28-18-21-48-41(24-28)56-2)43(33)57-40-15-6-3-11-30(40)25-50-36(14-9-20-47)39(54)23-29(44(52)55)10-7-8-19-46/h3-6,11-13,15,18,21,24,26-27,29,36-37,49-50H,7-10,14,16-17,19-20,22-23,25,46-47H2,1-2H3/t29-,36+,37+/m1/s1. The number of Topliss-reactive ketones (excluding diaryl/α,β-unsaturated/α-hetero) is 2. The van der Waals surface area contributed by atoms with Gasteiger partial charge in [0.1, 0.15) is 0 Å². The third-order valence-corrected chi connectivity index (χ3v) is 12.4. The van der Waals surface area contributed by atoms with Crippen molar-refractivity contribution in [2.24, 2.45) is 17.4 Å². The first-order valence-corrected chi connectivity index (χ1v) is 20.9. The van der Waals surface area contributed by atoms with Crippen LogP contribution in [-0.2, 0) is 33.8 Å². The average Bonchev–Trinajstić information content (AvgIpc) is 3.64. The molecular weight excluding hydrogens is 758 g/mol. The van der Waals surface area contributed by atoms with Gasteiger partial charge in [0.15, 0.2) is 11.6 Å². The van der Waals surface area contributed by atoms with Crippen LogP contribution in [0.4, 0.5) is 0 Å². The van der Waals surface area contributed by atoms with Crippen LogP contribution < -0.4 is 21.5 Å². The minimum atomic E-state index is -0.799. The van der Waals surface area contributed by atoms with E-state index < -0.39 is 18.0 Å². The molecule has 2 aromatic carbocycles. The number of nitrogens with one attached hydrogen (secondary N) is 2. The summed E-state index contributed by atoms with van der Waals surface area (Å²) in [5, 5.41) is 4.97. The summed E-state index contributed by atoms with van der Waals surface area (Å²) in [4.78, 5) is 59.5. The van der Waals surface area contributed by atoms with Crippen LogP contribution in [0.2, 0.25) is 5.02 Å². The molecular formula is C44H52ClN7O4S. The molecule has 6 rings (SSSR count). The Hall–Kier alpha value is -4.59. The third kappa shape index (κ3) is 10.3. The van der Waals surface area contributed by atoms with Gasteiger partial charge in [0, 0.05) is 89.7 Å². The Morgan fingerprint density at radius 3 is 2.54 bits per heavy atom. The van der Waals surface area contributed by atoms with Gasteiger partial charge in [-0.15, -0.1) is 0 Å². The van der Waals surface area contributed by atoms with Crippen molar-refractivity contribution < 1.29 is 19.1 Å². The zero-order valence-corrected chi connectivity index (χ0v) is 34.2. The van der Waals surface area contributed by atoms with Crippen molar-refractivity contribution in [1.29, 1.82) is 0 Å². The minimum Gasteiger partial charge on any atom is -0.481 e. The largest absolute Gasteiger partial charge is 0.481 e. The maximum Gasteiger partial charge on any atom is 0.226 e. The monoisotopic (exact) mass is 809 g/mol. The van der Waals surface area contributed by atoms with Crippen LogP contribution in [0.3, 0.4) is 0 Å². The van der Waals surface area contributed by atoms with Crippen molar-refractivity contribution in [2.45, 2.75) is 86.2 Å². The minimum absolute atomic E-state index is 0.0475. The maximum atomic E-state index is 14.7. The summed E-state index contributed by atoms with van der Waals surface area (Å²) in [5.74, 6) is -0.556. The molecule has 300 valence electrons. The molecule has 0 bridgehead atoms. The zero-order chi connectivity index (χ0) is 40.3. The van der Waals surface area contributed by atoms with Gasteiger partial charge in [-0.05, 0) is 80.1 Å². The Kier molecular flexibility index (Phi) is 14.9. The van der Waals surface area contributed by atoms with E-state index in [1.807, 2.05) is 66.9 Å². The topological polar surface area (TPSA) is 169 Å². The lowest BCUT2D eigenvalue weighted by molar-refractivity contribution is -0.143. The molecule has 5 aromatic rings. The molecule has 11 nitrogen and oxygen atoms in total. The lowest BCUT2D eigenvalue weighted by Gasteiger charge is -2.31. The van der Waals surface area contributed by atoms with Crippen molar-refractivity contribution in [2.75, 3.05) is 27.2 Å². The van der Waals surface area contributed by atoms with Gasteiger partial charge >= 0.3 is 0 Å². The second-order valence-electron chi connectivity index (χ2n) is 14.6. The third-order valence-electron chi connectivity index (χ3n) is 10.8. The number of H-pyrrole nitrogens is 1. The number of aromatic amines is 1. The number of hydrogen-bond acceptors (Lipinski definition) is 10. The summed E-state index contributed by atoms with van der Waals surface area (Å²) in [6.07, 6.45) is 9.06. The maximum absolute atomic E-state index is 14.7. The number of nitrogens with zero attached hydrogens (tertiary/aromatic N) is 3. The number of likely N-dealkylation sites (N-methyl/N-ethyl adjacent to an activating group) is 1. The average molecular weight is 810 g/mol. The van der Waals surface area contributed by atoms with E-state index in [4.69, 9.17) is 32.8 Å². The predicted octanol–water partition coefficient (Wildman–Crippen LogP) is 6.92. The fourth-order valence-corrected chi connectivity index (χ4v) is 9.12. The number of carbonyl (C=O) groups is 3. The van der Waals surface area contributed by atoms with Gasteiger partial charge in [0.05, 0.1) is 29.9 Å². The molecule has 57 heavy (non-hydrogen) atoms. The first-order chi connectivity index (χ1) is 27.7. The molecule has 0 radical (unpaired) electrons. The molecule has 0 saturated carbocycles. The lowest BCUT2D eigenvalue weighted by atomic mass is 9.89. The Balaban J connectivity index is 1.47. The molecule has 4 heterocycles. The van der Waals surface area contributed by atoms with Gasteiger partial charge in [0.2, 0.25) is 11.8 Å². The summed E-state index contributed by atoms with van der Waals surface area (Å²) < 4.78 is 5.47. The molecule has 1 aliphatic rings. The van der Waals surface area contributed by atoms with Crippen LogP contribution in [-0.4, -0.2) is 76.7 Å². The highest BCUT2D eigenvalue weighted by atomic mass is 35.5. The number of ketones is 2. The smallest absolute Gasteiger partial charge is 0.226 e. The first kappa shape index (κ1) is 42.0. The number of benzene rings is 2. The molecule has 0 unspecified atom stereocenters. The van der Waals surface area contributed by atoms with E-state index in [1.54, 1.807) is 31.5 Å². The van der Waals surface area contributed by atoms with Crippen molar-refractivity contribution >= 4 is 51.7 Å². The number of hydrogen-bond donors (Lipinski definition) is 4. The Morgan fingerprint density at radius 1 is 0.947 bits per heavy atom. The molecule has 0 saturated heterocycles. The van der Waals surface area contributed by atoms with Gasteiger partial charge in [-0.1, -0.05) is 66.2 Å². The Bertz CT molecular complexity index is 2180. The number of halogens is 1. The van der Waals surface area contributed by atoms with E-state index in [9.17, 15) is 14.4 Å². The first-order valence-electron chi connectivity index (χ1n) is 19.7. The zero-order valence-electron chi connectivity index (χ0n) is 32.6. The second-order valence-corrected chi connectivity index (χ2v) is 16.0. The highest BCUT2D eigenvalue weighted by Crippen LogP contribution is 2.42. The Labute approximate surface area is 343 Å². The van der Waals surface area contributed by atoms with Crippen molar-refractivity contribution in [3.8, 4) is 17.1 Å². The molecule has 0 spiro atoms. The molecule has 3 aromatic heterocycles. The highest BCUT2D eigenvalue weighted by Gasteiger charge is 2.34. The molecule has 6 N–H and O–H groups in total. The van der Waals surface area contributed by atoms with E-state index in [-0.39, 0.29) is 30.3 Å². The number of carbonyl (C=O) groups excluding carboxylic acids is 3.